The molecule has 2 aromatic heterocycles. The molecular formula is C13H15N3O4. The van der Waals surface area contributed by atoms with Crippen LogP contribution < -0.4 is 4.74 Å². The largest absolute Gasteiger partial charge is 0.481 e. The fourth-order valence-electron chi connectivity index (χ4n) is 1.43. The topological polar surface area (TPSA) is 98.3 Å². The van der Waals surface area contributed by atoms with Crippen molar-refractivity contribution in [1.29, 1.82) is 0 Å². The first-order chi connectivity index (χ1) is 9.38. The quantitative estimate of drug-likeness (QED) is 0.912. The molecule has 1 N–H and O–H groups in total. The lowest BCUT2D eigenvalue weighted by atomic mass is 9.97. The van der Waals surface area contributed by atoms with Gasteiger partial charge in [-0.05, 0) is 6.07 Å². The van der Waals surface area contributed by atoms with Crippen LogP contribution in [-0.4, -0.2) is 26.3 Å². The van der Waals surface area contributed by atoms with Gasteiger partial charge < -0.3 is 14.3 Å². The molecule has 0 atom stereocenters. The van der Waals surface area contributed by atoms with Gasteiger partial charge in [0.15, 0.2) is 12.4 Å². The van der Waals surface area contributed by atoms with E-state index in [1.807, 2.05) is 20.8 Å². The fourth-order valence-corrected chi connectivity index (χ4v) is 1.43. The summed E-state index contributed by atoms with van der Waals surface area (Å²) in [6, 6.07) is 1.37. The number of hydrogen-bond acceptors (Lipinski definition) is 6. The molecule has 20 heavy (non-hydrogen) atoms. The Balaban J connectivity index is 2.10. The number of aromatic nitrogens is 3. The molecular weight excluding hydrogens is 262 g/mol. The van der Waals surface area contributed by atoms with E-state index in [9.17, 15) is 4.79 Å². The van der Waals surface area contributed by atoms with Gasteiger partial charge in [-0.25, -0.2) is 4.79 Å². The minimum atomic E-state index is -1.08. The maximum Gasteiger partial charge on any atom is 0.339 e. The van der Waals surface area contributed by atoms with Crippen LogP contribution in [0.25, 0.3) is 0 Å². The highest BCUT2D eigenvalue weighted by molar-refractivity contribution is 5.90. The fraction of sp³-hybridized carbons (Fsp3) is 0.385. The normalized spacial score (nSPS) is 11.3. The first-order valence-electron chi connectivity index (χ1n) is 6.01. The van der Waals surface area contributed by atoms with E-state index < -0.39 is 5.97 Å². The molecule has 2 rings (SSSR count). The number of rotatable bonds is 4. The molecule has 106 valence electrons. The van der Waals surface area contributed by atoms with Crippen LogP contribution in [-0.2, 0) is 12.0 Å². The maximum absolute atomic E-state index is 11.0. The van der Waals surface area contributed by atoms with E-state index in [0.29, 0.717) is 5.89 Å². The van der Waals surface area contributed by atoms with E-state index in [-0.39, 0.29) is 29.2 Å². The molecule has 7 heteroatoms. The molecule has 0 fully saturated rings. The molecule has 0 aliphatic carbocycles. The van der Waals surface area contributed by atoms with E-state index in [2.05, 4.69) is 15.2 Å². The second-order valence-electron chi connectivity index (χ2n) is 5.22. The van der Waals surface area contributed by atoms with E-state index in [4.69, 9.17) is 14.3 Å². The van der Waals surface area contributed by atoms with Crippen LogP contribution in [0.2, 0.25) is 0 Å². The molecule has 2 heterocycles. The number of pyridine rings is 1. The molecule has 0 spiro atoms. The molecule has 0 aliphatic rings. The summed E-state index contributed by atoms with van der Waals surface area (Å²) in [5.41, 5.74) is -0.207. The van der Waals surface area contributed by atoms with Crippen molar-refractivity contribution >= 4 is 5.97 Å². The first kappa shape index (κ1) is 14.0. The average molecular weight is 277 g/mol. The van der Waals surface area contributed by atoms with Crippen molar-refractivity contribution in [2.45, 2.75) is 32.8 Å². The molecule has 0 aliphatic heterocycles. The number of carboxylic acids is 1. The Kier molecular flexibility index (Phi) is 3.69. The van der Waals surface area contributed by atoms with Crippen LogP contribution in [0.4, 0.5) is 0 Å². The number of aromatic carboxylic acids is 1. The van der Waals surface area contributed by atoms with Gasteiger partial charge >= 0.3 is 5.97 Å². The van der Waals surface area contributed by atoms with Gasteiger partial charge in [-0.15, -0.1) is 10.2 Å². The Hall–Kier alpha value is -2.44. The third-order valence-corrected chi connectivity index (χ3v) is 2.47. The smallest absolute Gasteiger partial charge is 0.339 e. The maximum atomic E-state index is 11.0. The highest BCUT2D eigenvalue weighted by Crippen LogP contribution is 2.21. The number of nitrogens with zero attached hydrogens (tertiary/aromatic N) is 3. The SMILES string of the molecule is CC(C)(C)c1nnc(COc2cnccc2C(=O)O)o1. The van der Waals surface area contributed by atoms with Gasteiger partial charge in [-0.1, -0.05) is 20.8 Å². The molecule has 0 aromatic carbocycles. The number of ether oxygens (including phenoxy) is 1. The summed E-state index contributed by atoms with van der Waals surface area (Å²) in [7, 11) is 0. The van der Waals surface area contributed by atoms with E-state index >= 15 is 0 Å². The van der Waals surface area contributed by atoms with Crippen LogP contribution >= 0.6 is 0 Å². The van der Waals surface area contributed by atoms with Crippen molar-refractivity contribution in [1.82, 2.24) is 15.2 Å². The Morgan fingerprint density at radius 1 is 1.40 bits per heavy atom. The molecule has 0 saturated carbocycles. The molecule has 0 bridgehead atoms. The van der Waals surface area contributed by atoms with Crippen molar-refractivity contribution in [2.24, 2.45) is 0 Å². The monoisotopic (exact) mass is 277 g/mol. The summed E-state index contributed by atoms with van der Waals surface area (Å²) in [5.74, 6) is -0.130. The Labute approximate surface area is 115 Å². The van der Waals surface area contributed by atoms with Gasteiger partial charge in [0.1, 0.15) is 5.56 Å². The van der Waals surface area contributed by atoms with Gasteiger partial charge in [0.05, 0.1) is 6.20 Å². The Morgan fingerprint density at radius 2 is 2.15 bits per heavy atom. The predicted octanol–water partition coefficient (Wildman–Crippen LogP) is 2.04. The lowest BCUT2D eigenvalue weighted by Gasteiger charge is -2.11. The molecule has 0 unspecified atom stereocenters. The summed E-state index contributed by atoms with van der Waals surface area (Å²) in [4.78, 5) is 14.8. The summed E-state index contributed by atoms with van der Waals surface area (Å²) in [6.07, 6.45) is 2.73. The Morgan fingerprint density at radius 3 is 2.75 bits per heavy atom. The highest BCUT2D eigenvalue weighted by atomic mass is 16.5. The highest BCUT2D eigenvalue weighted by Gasteiger charge is 2.21. The minimum absolute atomic E-state index is 0.00491. The van der Waals surface area contributed by atoms with Crippen LogP contribution in [0, 0.1) is 0 Å². The van der Waals surface area contributed by atoms with E-state index in [1.54, 1.807) is 0 Å². The summed E-state index contributed by atoms with van der Waals surface area (Å²) < 4.78 is 10.8. The van der Waals surface area contributed by atoms with Crippen molar-refractivity contribution in [2.75, 3.05) is 0 Å². The lowest BCUT2D eigenvalue weighted by molar-refractivity contribution is 0.0691. The van der Waals surface area contributed by atoms with Crippen molar-refractivity contribution < 1.29 is 19.1 Å². The third kappa shape index (κ3) is 3.11. The second kappa shape index (κ2) is 5.28. The zero-order valence-corrected chi connectivity index (χ0v) is 11.5. The standard InChI is InChI=1S/C13H15N3O4/c1-13(2,3)12-16-15-10(20-12)7-19-9-6-14-5-4-8(9)11(17)18/h4-6H,7H2,1-3H3,(H,17,18). The predicted molar refractivity (Wildman–Crippen MR) is 68.5 cm³/mol. The van der Waals surface area contributed by atoms with Crippen molar-refractivity contribution in [3.8, 4) is 5.75 Å². The second-order valence-corrected chi connectivity index (χ2v) is 5.22. The summed E-state index contributed by atoms with van der Waals surface area (Å²) in [6.45, 7) is 5.85. The molecule has 0 radical (unpaired) electrons. The summed E-state index contributed by atoms with van der Waals surface area (Å²) in [5, 5.41) is 16.8. The Bertz CT molecular complexity index is 616. The van der Waals surface area contributed by atoms with E-state index in [0.717, 1.165) is 0 Å². The van der Waals surface area contributed by atoms with Gasteiger partial charge in [-0.3, -0.25) is 4.98 Å². The van der Waals surface area contributed by atoms with Crippen molar-refractivity contribution in [3.05, 3.63) is 35.8 Å². The van der Waals surface area contributed by atoms with E-state index in [1.165, 1.54) is 18.5 Å². The van der Waals surface area contributed by atoms with Crippen LogP contribution in [0.5, 0.6) is 5.75 Å². The zero-order chi connectivity index (χ0) is 14.8. The average Bonchev–Trinajstić information content (AvgIpc) is 2.85. The number of hydrogen-bond donors (Lipinski definition) is 1. The summed E-state index contributed by atoms with van der Waals surface area (Å²) >= 11 is 0. The van der Waals surface area contributed by atoms with Gasteiger partial charge in [-0.2, -0.15) is 0 Å². The molecule has 0 saturated heterocycles. The van der Waals surface area contributed by atoms with Crippen molar-refractivity contribution in [3.63, 3.8) is 0 Å². The van der Waals surface area contributed by atoms with Gasteiger partial charge in [0.2, 0.25) is 5.89 Å². The molecule has 7 nitrogen and oxygen atoms in total. The van der Waals surface area contributed by atoms with Crippen LogP contribution in [0.1, 0.15) is 42.9 Å². The van der Waals surface area contributed by atoms with Crippen LogP contribution in [0.3, 0.4) is 0 Å². The zero-order valence-electron chi connectivity index (χ0n) is 11.5. The lowest BCUT2D eigenvalue weighted by Crippen LogP contribution is -2.11. The first-order valence-corrected chi connectivity index (χ1v) is 6.01. The number of carbonyl (C=O) groups is 1. The molecule has 2 aromatic rings. The minimum Gasteiger partial charge on any atom is -0.481 e. The van der Waals surface area contributed by atoms with Gasteiger partial charge in [0.25, 0.3) is 5.89 Å². The molecule has 0 amide bonds. The van der Waals surface area contributed by atoms with Gasteiger partial charge in [0, 0.05) is 11.6 Å². The third-order valence-electron chi connectivity index (χ3n) is 2.47. The van der Waals surface area contributed by atoms with Crippen LogP contribution in [0.15, 0.2) is 22.9 Å². The number of carboxylic acid groups (broad SMARTS) is 1.